The first kappa shape index (κ1) is 15.2. The lowest BCUT2D eigenvalue weighted by Gasteiger charge is -2.16. The Hall–Kier alpha value is -1.08. The van der Waals surface area contributed by atoms with Gasteiger partial charge in [-0.15, -0.1) is 22.7 Å². The second-order valence-corrected chi connectivity index (χ2v) is 9.56. The van der Waals surface area contributed by atoms with Crippen molar-refractivity contribution < 1.29 is 14.3 Å². The molecule has 4 nitrogen and oxygen atoms in total. The fourth-order valence-corrected chi connectivity index (χ4v) is 6.45. The summed E-state index contributed by atoms with van der Waals surface area (Å²) in [6.45, 7) is 1.94. The van der Waals surface area contributed by atoms with Crippen molar-refractivity contribution in [1.82, 2.24) is 4.98 Å². The van der Waals surface area contributed by atoms with Crippen LogP contribution in [0.15, 0.2) is 12.1 Å². The van der Waals surface area contributed by atoms with Gasteiger partial charge in [0.15, 0.2) is 11.6 Å². The Bertz CT molecular complexity index is 845. The highest BCUT2D eigenvalue weighted by Gasteiger charge is 2.63. The number of carbonyl (C=O) groups excluding carboxylic acids is 2. The van der Waals surface area contributed by atoms with Crippen LogP contribution in [0.4, 0.5) is 0 Å². The maximum Gasteiger partial charge on any atom is 0.155 e. The molecule has 1 saturated carbocycles. The van der Waals surface area contributed by atoms with Crippen LogP contribution in [0, 0.1) is 18.8 Å². The Morgan fingerprint density at radius 3 is 2.38 bits per heavy atom. The zero-order chi connectivity index (χ0) is 16.6. The summed E-state index contributed by atoms with van der Waals surface area (Å²) >= 11 is 8.99. The molecule has 24 heavy (non-hydrogen) atoms. The molecule has 7 heteroatoms. The van der Waals surface area contributed by atoms with E-state index in [1.807, 2.05) is 19.1 Å². The van der Waals surface area contributed by atoms with Gasteiger partial charge in [-0.25, -0.2) is 4.98 Å². The molecule has 2 aromatic rings. The van der Waals surface area contributed by atoms with Crippen molar-refractivity contribution >= 4 is 45.8 Å². The molecule has 5 rings (SSSR count). The summed E-state index contributed by atoms with van der Waals surface area (Å²) in [4.78, 5) is 32.4. The Morgan fingerprint density at radius 2 is 1.79 bits per heavy atom. The number of hydrogen-bond donors (Lipinski definition) is 0. The van der Waals surface area contributed by atoms with Crippen LogP contribution >= 0.6 is 34.3 Å². The first-order chi connectivity index (χ1) is 11.5. The number of aryl methyl sites for hydroxylation is 1. The summed E-state index contributed by atoms with van der Waals surface area (Å²) in [6, 6.07) is 3.76. The maximum absolute atomic E-state index is 12.9. The molecule has 124 valence electrons. The van der Waals surface area contributed by atoms with Gasteiger partial charge in [-0.1, -0.05) is 11.6 Å². The Labute approximate surface area is 151 Å². The maximum atomic E-state index is 12.9. The number of halogens is 1. The molecule has 0 amide bonds. The smallest absolute Gasteiger partial charge is 0.155 e. The van der Waals surface area contributed by atoms with E-state index in [1.165, 1.54) is 22.7 Å². The number of aromatic nitrogens is 1. The summed E-state index contributed by atoms with van der Waals surface area (Å²) in [5, 5.41) is 0.830. The monoisotopic (exact) mass is 379 g/mol. The third-order valence-corrected chi connectivity index (χ3v) is 7.78. The average Bonchev–Trinajstić information content (AvgIpc) is 3.31. The van der Waals surface area contributed by atoms with Crippen molar-refractivity contribution in [3.05, 3.63) is 27.0 Å². The van der Waals surface area contributed by atoms with Crippen LogP contribution < -0.4 is 0 Å². The van der Waals surface area contributed by atoms with Crippen molar-refractivity contribution in [1.29, 1.82) is 0 Å². The molecule has 0 N–H and O–H groups in total. The molecule has 2 aromatic heterocycles. The predicted octanol–water partition coefficient (Wildman–Crippen LogP) is 3.86. The Balaban J connectivity index is 1.54. The van der Waals surface area contributed by atoms with Gasteiger partial charge < -0.3 is 4.74 Å². The minimum atomic E-state index is -0.701. The lowest BCUT2D eigenvalue weighted by Crippen LogP contribution is -2.29. The number of nitrogens with zero attached hydrogens (tertiary/aromatic N) is 1. The van der Waals surface area contributed by atoms with E-state index in [1.54, 1.807) is 0 Å². The highest BCUT2D eigenvalue weighted by molar-refractivity contribution is 7.23. The van der Waals surface area contributed by atoms with Crippen LogP contribution in [0.1, 0.15) is 29.3 Å². The van der Waals surface area contributed by atoms with Gasteiger partial charge in [-0.2, -0.15) is 0 Å². The molecule has 0 aromatic carbocycles. The van der Waals surface area contributed by atoms with Gasteiger partial charge in [0.25, 0.3) is 0 Å². The molecule has 2 saturated heterocycles. The fourth-order valence-electron chi connectivity index (χ4n) is 4.41. The van der Waals surface area contributed by atoms with Gasteiger partial charge in [-0.3, -0.25) is 9.59 Å². The van der Waals surface area contributed by atoms with E-state index in [-0.39, 0.29) is 35.6 Å². The van der Waals surface area contributed by atoms with Crippen LogP contribution in [0.2, 0.25) is 4.34 Å². The van der Waals surface area contributed by atoms with E-state index in [4.69, 9.17) is 16.3 Å². The molecule has 2 bridgehead atoms. The summed E-state index contributed by atoms with van der Waals surface area (Å²) in [7, 11) is 0. The van der Waals surface area contributed by atoms with E-state index >= 15 is 0 Å². The minimum Gasteiger partial charge on any atom is -0.373 e. The number of thiazole rings is 1. The Kier molecular flexibility index (Phi) is 3.30. The molecule has 3 aliphatic rings. The lowest BCUT2D eigenvalue weighted by atomic mass is 9.81. The van der Waals surface area contributed by atoms with Gasteiger partial charge in [-0.05, 0) is 31.9 Å². The van der Waals surface area contributed by atoms with Gasteiger partial charge >= 0.3 is 0 Å². The SMILES string of the molecule is Cc1sc(-c2ccc(Cl)s2)nc1C1C(=O)[C@@H]2[C@H](C1=O)[C@H]1CC[C@@H]2O1. The highest BCUT2D eigenvalue weighted by atomic mass is 35.5. The number of Topliss-reactive ketones (excluding diaryl/α,β-unsaturated/α-hetero) is 2. The van der Waals surface area contributed by atoms with E-state index in [2.05, 4.69) is 4.98 Å². The molecule has 0 spiro atoms. The van der Waals surface area contributed by atoms with E-state index in [0.717, 1.165) is 27.6 Å². The molecular formula is C17H14ClNO3S2. The second-order valence-electron chi connectivity index (χ2n) is 6.64. The molecule has 5 atom stereocenters. The summed E-state index contributed by atoms with van der Waals surface area (Å²) in [6.07, 6.45) is 1.67. The zero-order valence-corrected chi connectivity index (χ0v) is 15.2. The number of thiophene rings is 1. The van der Waals surface area contributed by atoms with E-state index < -0.39 is 5.92 Å². The number of carbonyl (C=O) groups is 2. The summed E-state index contributed by atoms with van der Waals surface area (Å²) in [5.74, 6) is -1.17. The quantitative estimate of drug-likeness (QED) is 0.743. The van der Waals surface area contributed by atoms with Crippen molar-refractivity contribution in [3.63, 3.8) is 0 Å². The van der Waals surface area contributed by atoms with Gasteiger partial charge in [0, 0.05) is 4.88 Å². The first-order valence-corrected chi connectivity index (χ1v) is 10.0. The second kappa shape index (κ2) is 5.21. The number of fused-ring (bicyclic) bond motifs is 5. The van der Waals surface area contributed by atoms with Crippen LogP contribution in [-0.4, -0.2) is 28.8 Å². The lowest BCUT2D eigenvalue weighted by molar-refractivity contribution is -0.127. The molecule has 3 fully saturated rings. The first-order valence-electron chi connectivity index (χ1n) is 8.00. The van der Waals surface area contributed by atoms with Crippen LogP contribution in [0.5, 0.6) is 0 Å². The van der Waals surface area contributed by atoms with Gasteiger partial charge in [0.2, 0.25) is 0 Å². The van der Waals surface area contributed by atoms with Crippen LogP contribution in [-0.2, 0) is 14.3 Å². The van der Waals surface area contributed by atoms with Gasteiger partial charge in [0.1, 0.15) is 10.9 Å². The third kappa shape index (κ3) is 1.97. The average molecular weight is 380 g/mol. The fraction of sp³-hybridized carbons (Fsp3) is 0.471. The largest absolute Gasteiger partial charge is 0.373 e. The number of ether oxygens (including phenoxy) is 1. The summed E-state index contributed by atoms with van der Waals surface area (Å²) < 4.78 is 6.50. The standard InChI is InChI=1S/C17H14ClNO3S2/c1-6-14(19-17(23-6)9-4-5-10(18)24-9)13-15(20)11-7-2-3-8(22-7)12(11)16(13)21/h4-5,7-8,11-13H,2-3H2,1H3/t7-,8+,11-,12+,13?. The Morgan fingerprint density at radius 1 is 1.12 bits per heavy atom. The van der Waals surface area contributed by atoms with Crippen molar-refractivity contribution in [2.75, 3.05) is 0 Å². The zero-order valence-electron chi connectivity index (χ0n) is 12.8. The highest BCUT2D eigenvalue weighted by Crippen LogP contribution is 2.53. The third-order valence-electron chi connectivity index (χ3n) is 5.39. The molecule has 1 unspecified atom stereocenters. The topological polar surface area (TPSA) is 56.3 Å². The van der Waals surface area contributed by atoms with Crippen molar-refractivity contribution in [2.24, 2.45) is 11.8 Å². The molecule has 2 aliphatic heterocycles. The molecule has 4 heterocycles. The molecular weight excluding hydrogens is 366 g/mol. The number of ketones is 2. The summed E-state index contributed by atoms with van der Waals surface area (Å²) in [5.41, 5.74) is 0.642. The molecule has 1 aliphatic carbocycles. The van der Waals surface area contributed by atoms with Crippen molar-refractivity contribution in [3.8, 4) is 9.88 Å². The predicted molar refractivity (Wildman–Crippen MR) is 92.8 cm³/mol. The van der Waals surface area contributed by atoms with E-state index in [0.29, 0.717) is 10.0 Å². The molecule has 0 radical (unpaired) electrons. The van der Waals surface area contributed by atoms with E-state index in [9.17, 15) is 9.59 Å². The number of hydrogen-bond acceptors (Lipinski definition) is 6. The van der Waals surface area contributed by atoms with Gasteiger partial charge in [0.05, 0.1) is 39.0 Å². The van der Waals surface area contributed by atoms with Crippen LogP contribution in [0.25, 0.3) is 9.88 Å². The van der Waals surface area contributed by atoms with Crippen molar-refractivity contribution in [2.45, 2.75) is 37.9 Å². The van der Waals surface area contributed by atoms with Crippen LogP contribution in [0.3, 0.4) is 0 Å². The normalized spacial score (nSPS) is 34.3. The minimum absolute atomic E-state index is 0.0151. The number of rotatable bonds is 2.